The van der Waals surface area contributed by atoms with Crippen LogP contribution in [0.15, 0.2) is 56.9 Å². The van der Waals surface area contributed by atoms with E-state index in [0.29, 0.717) is 49.4 Å². The van der Waals surface area contributed by atoms with Crippen LogP contribution >= 0.6 is 0 Å². The highest BCUT2D eigenvalue weighted by Crippen LogP contribution is 2.27. The molecule has 0 atom stereocenters. The van der Waals surface area contributed by atoms with Crippen LogP contribution in [0.3, 0.4) is 0 Å². The second-order valence-electron chi connectivity index (χ2n) is 7.44. The Morgan fingerprint density at radius 1 is 0.800 bits per heavy atom. The molecular formula is C22H16N2O5S. The summed E-state index contributed by atoms with van der Waals surface area (Å²) in [5.41, 5.74) is 2.78. The lowest BCUT2D eigenvalue weighted by molar-refractivity contribution is 0.483. The van der Waals surface area contributed by atoms with E-state index in [1.165, 1.54) is 12.1 Å². The van der Waals surface area contributed by atoms with Gasteiger partial charge in [-0.15, -0.1) is 0 Å². The second-order valence-corrected chi connectivity index (χ2v) is 8.86. The summed E-state index contributed by atoms with van der Waals surface area (Å²) in [6.45, 7) is 3.42. The fourth-order valence-corrected chi connectivity index (χ4v) is 4.73. The molecular weight excluding hydrogens is 404 g/mol. The molecule has 0 saturated heterocycles. The maximum absolute atomic E-state index is 13.3. The van der Waals surface area contributed by atoms with Gasteiger partial charge in [-0.3, -0.25) is 14.1 Å². The number of aryl methyl sites for hydroxylation is 2. The van der Waals surface area contributed by atoms with E-state index < -0.39 is 10.1 Å². The van der Waals surface area contributed by atoms with Crippen LogP contribution in [0.4, 0.5) is 0 Å². The average Bonchev–Trinajstić information content (AvgIpc) is 2.69. The van der Waals surface area contributed by atoms with Gasteiger partial charge < -0.3 is 9.97 Å². The molecule has 0 saturated carbocycles. The van der Waals surface area contributed by atoms with Crippen molar-refractivity contribution in [3.63, 3.8) is 0 Å². The standard InChI is InChI=1S/C22H16N2O5S/c1-10-7-12(30(27,28)29)8-14-19(10)24-20-11(2)18-17(9-15(20)21(14)25)23-16-6-4-3-5-13(16)22(18)26/h3-9H,1-2H3,(H,23,26)(H,24,25)(H,27,28,29). The molecule has 0 aliphatic rings. The third-order valence-corrected chi connectivity index (χ3v) is 6.42. The molecule has 0 unspecified atom stereocenters. The number of para-hydroxylation sites is 1. The molecule has 5 aromatic rings. The molecule has 0 aliphatic heterocycles. The van der Waals surface area contributed by atoms with Gasteiger partial charge in [-0.1, -0.05) is 12.1 Å². The molecule has 0 amide bonds. The number of aromatic amines is 2. The Hall–Kier alpha value is -3.49. The van der Waals surface area contributed by atoms with E-state index in [-0.39, 0.29) is 21.1 Å². The molecule has 30 heavy (non-hydrogen) atoms. The molecule has 150 valence electrons. The summed E-state index contributed by atoms with van der Waals surface area (Å²) in [5, 5.41) is 1.52. The highest BCUT2D eigenvalue weighted by molar-refractivity contribution is 7.85. The van der Waals surface area contributed by atoms with Crippen molar-refractivity contribution in [2.75, 3.05) is 0 Å². The minimum atomic E-state index is -4.46. The number of benzene rings is 3. The molecule has 3 N–H and O–H groups in total. The van der Waals surface area contributed by atoms with E-state index in [0.717, 1.165) is 0 Å². The quantitative estimate of drug-likeness (QED) is 0.283. The Balaban J connectivity index is 2.03. The van der Waals surface area contributed by atoms with Gasteiger partial charge >= 0.3 is 0 Å². The van der Waals surface area contributed by atoms with Crippen LogP contribution in [0.2, 0.25) is 0 Å². The van der Waals surface area contributed by atoms with Crippen molar-refractivity contribution in [3.8, 4) is 0 Å². The summed E-state index contributed by atoms with van der Waals surface area (Å²) in [4.78, 5) is 32.5. The number of H-pyrrole nitrogens is 2. The van der Waals surface area contributed by atoms with Gasteiger partial charge in [0.05, 0.1) is 26.8 Å². The normalized spacial score (nSPS) is 12.4. The summed E-state index contributed by atoms with van der Waals surface area (Å²) in [6.07, 6.45) is 0. The Morgan fingerprint density at radius 3 is 2.23 bits per heavy atom. The van der Waals surface area contributed by atoms with Gasteiger partial charge in [-0.25, -0.2) is 0 Å². The molecule has 0 aliphatic carbocycles. The predicted molar refractivity (Wildman–Crippen MR) is 117 cm³/mol. The van der Waals surface area contributed by atoms with Gasteiger partial charge in [-0.2, -0.15) is 8.42 Å². The summed E-state index contributed by atoms with van der Waals surface area (Å²) < 4.78 is 32.6. The van der Waals surface area contributed by atoms with Crippen LogP contribution in [0.25, 0.3) is 43.6 Å². The highest BCUT2D eigenvalue weighted by atomic mass is 32.2. The van der Waals surface area contributed by atoms with Gasteiger partial charge in [0.15, 0.2) is 10.9 Å². The first kappa shape index (κ1) is 18.5. The zero-order chi connectivity index (χ0) is 21.4. The maximum atomic E-state index is 13.3. The number of hydrogen-bond acceptors (Lipinski definition) is 4. The maximum Gasteiger partial charge on any atom is 0.294 e. The number of aromatic nitrogens is 2. The van der Waals surface area contributed by atoms with Crippen molar-refractivity contribution < 1.29 is 13.0 Å². The molecule has 0 fully saturated rings. The minimum Gasteiger partial charge on any atom is -0.354 e. The Labute approximate surface area is 169 Å². The van der Waals surface area contributed by atoms with Gasteiger partial charge in [0, 0.05) is 21.7 Å². The second kappa shape index (κ2) is 6.01. The molecule has 7 nitrogen and oxygen atoms in total. The summed E-state index contributed by atoms with van der Waals surface area (Å²) in [5.74, 6) is 0. The molecule has 2 aromatic heterocycles. The summed E-state index contributed by atoms with van der Waals surface area (Å²) in [7, 11) is -4.46. The lowest BCUT2D eigenvalue weighted by Crippen LogP contribution is -2.11. The van der Waals surface area contributed by atoms with Crippen molar-refractivity contribution in [1.29, 1.82) is 0 Å². The summed E-state index contributed by atoms with van der Waals surface area (Å²) in [6, 6.07) is 11.2. The van der Waals surface area contributed by atoms with Crippen LogP contribution in [-0.4, -0.2) is 22.9 Å². The predicted octanol–water partition coefficient (Wildman–Crippen LogP) is 3.54. The molecule has 3 aromatic carbocycles. The topological polar surface area (TPSA) is 120 Å². The SMILES string of the molecule is Cc1cc(S(=O)(=O)O)cc2c(=O)c3cc4[nH]c5ccccc5c(=O)c4c(C)c3[nH]c12. The number of nitrogens with one attached hydrogen (secondary N) is 2. The Bertz CT molecular complexity index is 1780. The van der Waals surface area contributed by atoms with Crippen LogP contribution < -0.4 is 10.9 Å². The van der Waals surface area contributed by atoms with Gasteiger partial charge in [0.1, 0.15) is 0 Å². The van der Waals surface area contributed by atoms with Crippen molar-refractivity contribution in [1.82, 2.24) is 9.97 Å². The first-order valence-electron chi connectivity index (χ1n) is 9.19. The van der Waals surface area contributed by atoms with E-state index in [1.54, 1.807) is 38.1 Å². The average molecular weight is 420 g/mol. The first-order chi connectivity index (χ1) is 14.2. The minimum absolute atomic E-state index is 0.127. The van der Waals surface area contributed by atoms with Crippen molar-refractivity contribution in [2.45, 2.75) is 18.7 Å². The summed E-state index contributed by atoms with van der Waals surface area (Å²) >= 11 is 0. The number of pyridine rings is 2. The molecule has 5 rings (SSSR count). The van der Waals surface area contributed by atoms with Crippen molar-refractivity contribution in [3.05, 3.63) is 74.0 Å². The van der Waals surface area contributed by atoms with Crippen LogP contribution in [0.1, 0.15) is 11.1 Å². The van der Waals surface area contributed by atoms with E-state index in [9.17, 15) is 22.6 Å². The number of hydrogen-bond donors (Lipinski definition) is 3. The number of fused-ring (bicyclic) bond motifs is 4. The van der Waals surface area contributed by atoms with Crippen molar-refractivity contribution in [2.24, 2.45) is 0 Å². The van der Waals surface area contributed by atoms with Crippen LogP contribution in [-0.2, 0) is 10.1 Å². The van der Waals surface area contributed by atoms with Crippen molar-refractivity contribution >= 4 is 53.7 Å². The van der Waals surface area contributed by atoms with E-state index in [4.69, 9.17) is 0 Å². The lowest BCUT2D eigenvalue weighted by Gasteiger charge is -2.12. The third-order valence-electron chi connectivity index (χ3n) is 5.59. The Morgan fingerprint density at radius 2 is 1.50 bits per heavy atom. The lowest BCUT2D eigenvalue weighted by atomic mass is 10.00. The van der Waals surface area contributed by atoms with E-state index in [1.807, 2.05) is 6.07 Å². The highest BCUT2D eigenvalue weighted by Gasteiger charge is 2.18. The Kier molecular flexibility index (Phi) is 3.71. The van der Waals surface area contributed by atoms with Crippen LogP contribution in [0.5, 0.6) is 0 Å². The largest absolute Gasteiger partial charge is 0.354 e. The number of rotatable bonds is 1. The van der Waals surface area contributed by atoms with Gasteiger partial charge in [0.25, 0.3) is 10.1 Å². The fraction of sp³-hybridized carbons (Fsp3) is 0.0909. The zero-order valence-corrected chi connectivity index (χ0v) is 16.8. The van der Waals surface area contributed by atoms with Gasteiger partial charge in [-0.05, 0) is 55.3 Å². The fourth-order valence-electron chi connectivity index (χ4n) is 4.14. The van der Waals surface area contributed by atoms with E-state index >= 15 is 0 Å². The third kappa shape index (κ3) is 2.51. The smallest absolute Gasteiger partial charge is 0.294 e. The van der Waals surface area contributed by atoms with Crippen LogP contribution in [0, 0.1) is 13.8 Å². The first-order valence-corrected chi connectivity index (χ1v) is 10.6. The monoisotopic (exact) mass is 420 g/mol. The zero-order valence-electron chi connectivity index (χ0n) is 16.0. The molecule has 2 heterocycles. The molecule has 0 radical (unpaired) electrons. The van der Waals surface area contributed by atoms with Gasteiger partial charge in [0.2, 0.25) is 0 Å². The molecule has 0 bridgehead atoms. The molecule has 8 heteroatoms. The molecule has 0 spiro atoms. The van der Waals surface area contributed by atoms with E-state index in [2.05, 4.69) is 9.97 Å².